The van der Waals surface area contributed by atoms with Crippen molar-refractivity contribution in [2.24, 2.45) is 0 Å². The fourth-order valence-electron chi connectivity index (χ4n) is 5.04. The zero-order valence-corrected chi connectivity index (χ0v) is 18.7. The highest BCUT2D eigenvalue weighted by atomic mass is 35.5. The number of para-hydroxylation sites is 1. The van der Waals surface area contributed by atoms with E-state index in [1.165, 1.54) is 24.9 Å². The van der Waals surface area contributed by atoms with Crippen molar-refractivity contribution < 1.29 is 4.74 Å². The van der Waals surface area contributed by atoms with Crippen molar-refractivity contribution in [2.75, 3.05) is 38.2 Å². The van der Waals surface area contributed by atoms with Gasteiger partial charge in [0.25, 0.3) is 0 Å². The highest BCUT2D eigenvalue weighted by Gasteiger charge is 2.32. The maximum Gasteiger partial charge on any atom is 0.128 e. The van der Waals surface area contributed by atoms with Crippen LogP contribution in [0.3, 0.4) is 0 Å². The molecule has 0 bridgehead atoms. The Morgan fingerprint density at radius 3 is 2.42 bits per heavy atom. The summed E-state index contributed by atoms with van der Waals surface area (Å²) in [5, 5.41) is 5.71. The van der Waals surface area contributed by atoms with Gasteiger partial charge in [-0.2, -0.15) is 5.10 Å². The minimum absolute atomic E-state index is 0.475. The van der Waals surface area contributed by atoms with E-state index in [0.717, 1.165) is 48.2 Å². The molecule has 0 amide bonds. The van der Waals surface area contributed by atoms with Crippen LogP contribution in [0.1, 0.15) is 25.3 Å². The largest absolute Gasteiger partial charge is 0.496 e. The molecule has 5 nitrogen and oxygen atoms in total. The molecule has 0 spiro atoms. The number of methoxy groups -OCH3 is 1. The molecule has 2 atom stereocenters. The summed E-state index contributed by atoms with van der Waals surface area (Å²) in [6.45, 7) is 4.38. The van der Waals surface area contributed by atoms with E-state index in [4.69, 9.17) is 21.4 Å². The summed E-state index contributed by atoms with van der Waals surface area (Å²) in [6.07, 6.45) is 5.74. The number of benzene rings is 2. The summed E-state index contributed by atoms with van der Waals surface area (Å²) >= 11 is 6.04. The molecular weight excluding hydrogens is 408 g/mol. The van der Waals surface area contributed by atoms with Gasteiger partial charge in [0, 0.05) is 54.7 Å². The summed E-state index contributed by atoms with van der Waals surface area (Å²) < 4.78 is 7.68. The second kappa shape index (κ2) is 8.93. The van der Waals surface area contributed by atoms with Crippen LogP contribution in [0.25, 0.3) is 11.3 Å². The highest BCUT2D eigenvalue weighted by molar-refractivity contribution is 6.30. The van der Waals surface area contributed by atoms with Gasteiger partial charge in [0.05, 0.1) is 18.8 Å². The molecule has 0 unspecified atom stereocenters. The van der Waals surface area contributed by atoms with Crippen LogP contribution in [0.2, 0.25) is 5.02 Å². The molecule has 162 valence electrons. The van der Waals surface area contributed by atoms with Gasteiger partial charge < -0.3 is 9.64 Å². The number of aromatic nitrogens is 2. The number of piperazine rings is 1. The maximum atomic E-state index is 6.04. The van der Waals surface area contributed by atoms with Crippen LogP contribution in [-0.2, 0) is 0 Å². The van der Waals surface area contributed by atoms with Crippen LogP contribution in [0, 0.1) is 0 Å². The smallest absolute Gasteiger partial charge is 0.128 e. The molecule has 31 heavy (non-hydrogen) atoms. The van der Waals surface area contributed by atoms with Gasteiger partial charge in [-0.15, -0.1) is 0 Å². The van der Waals surface area contributed by atoms with Crippen LogP contribution >= 0.6 is 11.6 Å². The minimum Gasteiger partial charge on any atom is -0.496 e. The van der Waals surface area contributed by atoms with Crippen LogP contribution in [0.15, 0.2) is 60.8 Å². The van der Waals surface area contributed by atoms with Gasteiger partial charge in [-0.1, -0.05) is 23.7 Å². The monoisotopic (exact) mass is 436 g/mol. The molecule has 2 fully saturated rings. The molecular formula is C25H29ClN4O. The maximum absolute atomic E-state index is 6.04. The van der Waals surface area contributed by atoms with Gasteiger partial charge in [0.2, 0.25) is 0 Å². The topological polar surface area (TPSA) is 33.5 Å². The van der Waals surface area contributed by atoms with E-state index in [2.05, 4.69) is 44.9 Å². The van der Waals surface area contributed by atoms with E-state index in [-0.39, 0.29) is 0 Å². The number of ether oxygens (including phenoxy) is 1. The van der Waals surface area contributed by atoms with Crippen molar-refractivity contribution in [2.45, 2.75) is 31.3 Å². The van der Waals surface area contributed by atoms with E-state index in [1.54, 1.807) is 7.11 Å². The van der Waals surface area contributed by atoms with Crippen molar-refractivity contribution >= 4 is 17.3 Å². The van der Waals surface area contributed by atoms with Gasteiger partial charge in [-0.3, -0.25) is 9.58 Å². The molecule has 5 rings (SSSR count). The molecule has 1 saturated heterocycles. The van der Waals surface area contributed by atoms with E-state index in [0.29, 0.717) is 12.1 Å². The van der Waals surface area contributed by atoms with E-state index >= 15 is 0 Å². The lowest BCUT2D eigenvalue weighted by Gasteiger charge is -2.39. The molecule has 2 aliphatic rings. The summed E-state index contributed by atoms with van der Waals surface area (Å²) in [5.74, 6) is 0.871. The summed E-state index contributed by atoms with van der Waals surface area (Å²) in [7, 11) is 1.71. The molecule has 0 N–H and O–H groups in total. The minimum atomic E-state index is 0.475. The van der Waals surface area contributed by atoms with Gasteiger partial charge >= 0.3 is 0 Å². The van der Waals surface area contributed by atoms with Crippen LogP contribution in [0.4, 0.5) is 5.69 Å². The average Bonchev–Trinajstić information content (AvgIpc) is 3.50. The van der Waals surface area contributed by atoms with E-state index in [9.17, 15) is 0 Å². The van der Waals surface area contributed by atoms with Crippen molar-refractivity contribution in [3.63, 3.8) is 0 Å². The number of halogens is 1. The van der Waals surface area contributed by atoms with Gasteiger partial charge in [0.15, 0.2) is 0 Å². The lowest BCUT2D eigenvalue weighted by Crippen LogP contribution is -2.49. The third-order valence-electron chi connectivity index (χ3n) is 6.77. The number of anilines is 1. The fourth-order valence-corrected chi connectivity index (χ4v) is 5.17. The molecule has 2 aromatic carbocycles. The number of hydrogen-bond acceptors (Lipinski definition) is 4. The Bertz CT molecular complexity index is 1010. The first-order chi connectivity index (χ1) is 15.2. The van der Waals surface area contributed by atoms with Crippen molar-refractivity contribution in [3.8, 4) is 17.0 Å². The van der Waals surface area contributed by atoms with Crippen LogP contribution < -0.4 is 9.64 Å². The standard InChI is InChI=1S/C25H29ClN4O/c1-31-25-5-3-2-4-23(25)24-12-13-30(27-24)22-11-10-21(18-22)29-16-14-28(15-17-29)20-8-6-19(26)7-9-20/h2-9,12-13,21-22H,10-11,14-18H2,1H3/t21-,22+/m0/s1. The van der Waals surface area contributed by atoms with Gasteiger partial charge in [-0.05, 0) is 61.7 Å². The Labute approximate surface area is 189 Å². The number of nitrogens with zero attached hydrogens (tertiary/aromatic N) is 4. The molecule has 1 aromatic heterocycles. The third kappa shape index (κ3) is 4.30. The SMILES string of the molecule is COc1ccccc1-c1ccn([C@@H]2CC[C@H](N3CCN(c4ccc(Cl)cc4)CC3)C2)n1. The zero-order valence-electron chi connectivity index (χ0n) is 18.0. The quantitative estimate of drug-likeness (QED) is 0.555. The lowest BCUT2D eigenvalue weighted by atomic mass is 10.1. The first-order valence-corrected chi connectivity index (χ1v) is 11.5. The molecule has 3 aromatic rings. The third-order valence-corrected chi connectivity index (χ3v) is 7.02. The molecule has 0 radical (unpaired) electrons. The molecule has 1 saturated carbocycles. The zero-order chi connectivity index (χ0) is 21.2. The number of hydrogen-bond donors (Lipinski definition) is 0. The Hall–Kier alpha value is -2.50. The summed E-state index contributed by atoms with van der Waals surface area (Å²) in [6, 6.07) is 19.5. The van der Waals surface area contributed by atoms with Crippen LogP contribution in [0.5, 0.6) is 5.75 Å². The molecule has 1 aliphatic carbocycles. The van der Waals surface area contributed by atoms with Crippen molar-refractivity contribution in [3.05, 3.63) is 65.8 Å². The Morgan fingerprint density at radius 2 is 1.65 bits per heavy atom. The lowest BCUT2D eigenvalue weighted by molar-refractivity contribution is 0.183. The predicted octanol–water partition coefficient (Wildman–Crippen LogP) is 5.13. The summed E-state index contributed by atoms with van der Waals surface area (Å²) in [5.41, 5.74) is 3.31. The number of rotatable bonds is 5. The summed E-state index contributed by atoms with van der Waals surface area (Å²) in [4.78, 5) is 5.14. The first-order valence-electron chi connectivity index (χ1n) is 11.1. The Balaban J connectivity index is 1.19. The second-order valence-electron chi connectivity index (χ2n) is 8.50. The normalized spacial score (nSPS) is 22.1. The van der Waals surface area contributed by atoms with Gasteiger partial charge in [-0.25, -0.2) is 0 Å². The molecule has 2 heterocycles. The van der Waals surface area contributed by atoms with Crippen LogP contribution in [-0.4, -0.2) is 54.0 Å². The molecule has 6 heteroatoms. The Morgan fingerprint density at radius 1 is 0.903 bits per heavy atom. The van der Waals surface area contributed by atoms with Crippen molar-refractivity contribution in [1.82, 2.24) is 14.7 Å². The van der Waals surface area contributed by atoms with E-state index < -0.39 is 0 Å². The molecule has 1 aliphatic heterocycles. The Kier molecular flexibility index (Phi) is 5.88. The first kappa shape index (κ1) is 20.4. The fraction of sp³-hybridized carbons (Fsp3) is 0.400. The second-order valence-corrected chi connectivity index (χ2v) is 8.94. The van der Waals surface area contributed by atoms with Gasteiger partial charge in [0.1, 0.15) is 5.75 Å². The highest BCUT2D eigenvalue weighted by Crippen LogP contribution is 2.35. The van der Waals surface area contributed by atoms with Crippen molar-refractivity contribution in [1.29, 1.82) is 0 Å². The average molecular weight is 437 g/mol. The predicted molar refractivity (Wildman–Crippen MR) is 126 cm³/mol. The van der Waals surface area contributed by atoms with E-state index in [1.807, 2.05) is 30.3 Å².